The van der Waals surface area contributed by atoms with Gasteiger partial charge >= 0.3 is 6.61 Å². The van der Waals surface area contributed by atoms with E-state index in [1.165, 1.54) is 0 Å². The van der Waals surface area contributed by atoms with Crippen LogP contribution in [0, 0.1) is 0 Å². The van der Waals surface area contributed by atoms with Crippen molar-refractivity contribution in [2.24, 2.45) is 0 Å². The average Bonchev–Trinajstić information content (AvgIpc) is 2.96. The fourth-order valence-electron chi connectivity index (χ4n) is 3.80. The third-order valence-electron chi connectivity index (χ3n) is 5.35. The van der Waals surface area contributed by atoms with E-state index in [1.807, 2.05) is 48.5 Å². The minimum absolute atomic E-state index is 0.153. The summed E-state index contributed by atoms with van der Waals surface area (Å²) in [6, 6.07) is 22.5. The smallest absolute Gasteiger partial charge is 0.387 e. The molecule has 0 saturated heterocycles. The van der Waals surface area contributed by atoms with E-state index in [0.29, 0.717) is 26.1 Å². The Morgan fingerprint density at radius 2 is 1.74 bits per heavy atom. The highest BCUT2D eigenvalue weighted by atomic mass is 19.3. The lowest BCUT2D eigenvalue weighted by Crippen LogP contribution is -2.25. The number of ether oxygens (including phenoxy) is 2. The molecule has 0 radical (unpaired) electrons. The molecule has 0 fully saturated rings. The second-order valence-corrected chi connectivity index (χ2v) is 7.65. The first-order valence-corrected chi connectivity index (χ1v) is 10.3. The van der Waals surface area contributed by atoms with E-state index in [1.54, 1.807) is 24.3 Å². The van der Waals surface area contributed by atoms with Crippen molar-refractivity contribution < 1.29 is 23.4 Å². The molecule has 0 bridgehead atoms. The highest BCUT2D eigenvalue weighted by Crippen LogP contribution is 2.29. The van der Waals surface area contributed by atoms with Crippen LogP contribution in [0.5, 0.6) is 11.5 Å². The lowest BCUT2D eigenvalue weighted by Gasteiger charge is -2.20. The first-order valence-electron chi connectivity index (χ1n) is 10.3. The molecule has 0 amide bonds. The summed E-state index contributed by atoms with van der Waals surface area (Å²) in [5.41, 5.74) is 3.98. The topological polar surface area (TPSA) is 41.9 Å². The van der Waals surface area contributed by atoms with Crippen molar-refractivity contribution in [2.75, 3.05) is 13.2 Å². The lowest BCUT2D eigenvalue weighted by atomic mass is 9.99. The van der Waals surface area contributed by atoms with Gasteiger partial charge in [-0.2, -0.15) is 8.78 Å². The molecule has 3 aromatic carbocycles. The van der Waals surface area contributed by atoms with Gasteiger partial charge in [-0.3, -0.25) is 4.90 Å². The van der Waals surface area contributed by atoms with Crippen LogP contribution in [0.4, 0.5) is 8.78 Å². The lowest BCUT2D eigenvalue weighted by molar-refractivity contribution is -0.0498. The quantitative estimate of drug-likeness (QED) is 0.581. The van der Waals surface area contributed by atoms with Gasteiger partial charge in [0, 0.05) is 31.6 Å². The summed E-state index contributed by atoms with van der Waals surface area (Å²) in [6.07, 6.45) is -0.0381. The van der Waals surface area contributed by atoms with Crippen LogP contribution in [0.15, 0.2) is 72.8 Å². The minimum atomic E-state index is -2.82. The zero-order chi connectivity index (χ0) is 21.6. The van der Waals surface area contributed by atoms with Crippen LogP contribution in [0.1, 0.15) is 28.4 Å². The SMILES string of the molecule is OC(Cc1ccccc1)c1ccc2c(c1)CN(Cc1ccc(OC(F)F)cc1)CCO2. The van der Waals surface area contributed by atoms with Gasteiger partial charge in [-0.15, -0.1) is 0 Å². The molecule has 0 aliphatic carbocycles. The fourth-order valence-corrected chi connectivity index (χ4v) is 3.80. The van der Waals surface area contributed by atoms with Gasteiger partial charge in [0.05, 0.1) is 6.10 Å². The van der Waals surface area contributed by atoms with Gasteiger partial charge in [-0.1, -0.05) is 48.5 Å². The second kappa shape index (κ2) is 9.90. The van der Waals surface area contributed by atoms with Crippen molar-refractivity contribution in [3.63, 3.8) is 0 Å². The number of rotatable bonds is 7. The van der Waals surface area contributed by atoms with E-state index in [2.05, 4.69) is 9.64 Å². The van der Waals surface area contributed by atoms with Gasteiger partial charge in [-0.05, 0) is 41.0 Å². The summed E-state index contributed by atoms with van der Waals surface area (Å²) in [4.78, 5) is 2.24. The molecule has 0 saturated carbocycles. The fraction of sp³-hybridized carbons (Fsp3) is 0.280. The molecule has 4 rings (SSSR count). The Bertz CT molecular complexity index is 980. The minimum Gasteiger partial charge on any atom is -0.492 e. The molecule has 1 unspecified atom stereocenters. The Balaban J connectivity index is 1.44. The maximum atomic E-state index is 12.3. The van der Waals surface area contributed by atoms with Crippen LogP contribution < -0.4 is 9.47 Å². The molecular weight excluding hydrogens is 400 g/mol. The zero-order valence-corrected chi connectivity index (χ0v) is 17.1. The van der Waals surface area contributed by atoms with E-state index in [4.69, 9.17) is 4.74 Å². The van der Waals surface area contributed by atoms with Crippen LogP contribution >= 0.6 is 0 Å². The molecule has 4 nitrogen and oxygen atoms in total. The standard InChI is InChI=1S/C25H25F2NO3/c26-25(27)31-22-9-6-19(7-10-22)16-28-12-13-30-24-11-8-20(15-21(24)17-28)23(29)14-18-4-2-1-3-5-18/h1-11,15,23,25,29H,12-14,16-17H2. The van der Waals surface area contributed by atoms with Crippen molar-refractivity contribution >= 4 is 0 Å². The van der Waals surface area contributed by atoms with Gasteiger partial charge in [0.25, 0.3) is 0 Å². The Kier molecular flexibility index (Phi) is 6.79. The molecule has 3 aromatic rings. The van der Waals surface area contributed by atoms with Crippen molar-refractivity contribution in [1.82, 2.24) is 4.90 Å². The number of aliphatic hydroxyl groups excluding tert-OH is 1. The first-order chi connectivity index (χ1) is 15.1. The number of nitrogens with zero attached hydrogens (tertiary/aromatic N) is 1. The van der Waals surface area contributed by atoms with Gasteiger partial charge in [0.1, 0.15) is 18.1 Å². The number of alkyl halides is 2. The highest BCUT2D eigenvalue weighted by Gasteiger charge is 2.18. The average molecular weight is 425 g/mol. The van der Waals surface area contributed by atoms with Crippen molar-refractivity contribution in [3.05, 3.63) is 95.1 Å². The second-order valence-electron chi connectivity index (χ2n) is 7.65. The molecule has 1 N–H and O–H groups in total. The van der Waals surface area contributed by atoms with Crippen LogP contribution in [-0.2, 0) is 19.5 Å². The van der Waals surface area contributed by atoms with Crippen molar-refractivity contribution in [2.45, 2.75) is 32.2 Å². The Hall–Kier alpha value is -2.96. The maximum Gasteiger partial charge on any atom is 0.387 e. The monoisotopic (exact) mass is 425 g/mol. The number of hydrogen-bond donors (Lipinski definition) is 1. The number of benzene rings is 3. The number of hydrogen-bond acceptors (Lipinski definition) is 4. The van der Waals surface area contributed by atoms with Crippen LogP contribution in [0.2, 0.25) is 0 Å². The molecule has 1 aliphatic heterocycles. The molecule has 6 heteroatoms. The highest BCUT2D eigenvalue weighted by molar-refractivity contribution is 5.39. The van der Waals surface area contributed by atoms with E-state index < -0.39 is 12.7 Å². The van der Waals surface area contributed by atoms with E-state index in [-0.39, 0.29) is 5.75 Å². The number of aliphatic hydroxyl groups is 1. The van der Waals surface area contributed by atoms with E-state index >= 15 is 0 Å². The van der Waals surface area contributed by atoms with Gasteiger partial charge in [0.15, 0.2) is 0 Å². The van der Waals surface area contributed by atoms with Gasteiger partial charge < -0.3 is 14.6 Å². The predicted octanol–water partition coefficient (Wildman–Crippen LogP) is 4.96. The molecule has 1 atom stereocenters. The molecule has 162 valence electrons. The zero-order valence-electron chi connectivity index (χ0n) is 17.1. The molecule has 1 heterocycles. The van der Waals surface area contributed by atoms with Crippen LogP contribution in [-0.4, -0.2) is 29.8 Å². The molecule has 1 aliphatic rings. The molecule has 0 spiro atoms. The third kappa shape index (κ3) is 5.81. The Morgan fingerprint density at radius 1 is 0.968 bits per heavy atom. The Labute approximate surface area is 180 Å². The normalized spacial score (nSPS) is 15.1. The van der Waals surface area contributed by atoms with Crippen LogP contribution in [0.3, 0.4) is 0 Å². The summed E-state index contributed by atoms with van der Waals surface area (Å²) in [5.74, 6) is 0.985. The molecular formula is C25H25F2NO3. The van der Waals surface area contributed by atoms with Crippen molar-refractivity contribution in [3.8, 4) is 11.5 Å². The van der Waals surface area contributed by atoms with Gasteiger partial charge in [0.2, 0.25) is 0 Å². The Morgan fingerprint density at radius 3 is 2.48 bits per heavy atom. The maximum absolute atomic E-state index is 12.3. The summed E-state index contributed by atoms with van der Waals surface area (Å²) in [6.45, 7) is -0.181. The predicted molar refractivity (Wildman–Crippen MR) is 114 cm³/mol. The molecule has 0 aromatic heterocycles. The van der Waals surface area contributed by atoms with E-state index in [0.717, 1.165) is 34.5 Å². The van der Waals surface area contributed by atoms with Gasteiger partial charge in [-0.25, -0.2) is 0 Å². The van der Waals surface area contributed by atoms with E-state index in [9.17, 15) is 13.9 Å². The third-order valence-corrected chi connectivity index (χ3v) is 5.35. The summed E-state index contributed by atoms with van der Waals surface area (Å²) in [7, 11) is 0. The summed E-state index contributed by atoms with van der Waals surface area (Å²) in [5, 5.41) is 10.7. The first kappa shape index (κ1) is 21.3. The van der Waals surface area contributed by atoms with Crippen LogP contribution in [0.25, 0.3) is 0 Å². The number of fused-ring (bicyclic) bond motifs is 1. The summed E-state index contributed by atoms with van der Waals surface area (Å²) >= 11 is 0. The van der Waals surface area contributed by atoms with Crippen molar-refractivity contribution in [1.29, 1.82) is 0 Å². The number of halogens is 2. The largest absolute Gasteiger partial charge is 0.492 e. The summed E-state index contributed by atoms with van der Waals surface area (Å²) < 4.78 is 35.0. The molecule has 31 heavy (non-hydrogen) atoms.